The predicted molar refractivity (Wildman–Crippen MR) is 132 cm³/mol. The van der Waals surface area contributed by atoms with Crippen LogP contribution in [0.4, 0.5) is 5.82 Å². The van der Waals surface area contributed by atoms with Gasteiger partial charge in [-0.1, -0.05) is 12.1 Å². The van der Waals surface area contributed by atoms with Crippen molar-refractivity contribution in [1.29, 1.82) is 0 Å². The lowest BCUT2D eigenvalue weighted by atomic mass is 9.98. The Balaban J connectivity index is 1.21. The second-order valence-corrected chi connectivity index (χ2v) is 9.84. The van der Waals surface area contributed by atoms with Crippen molar-refractivity contribution in [2.24, 2.45) is 0 Å². The van der Waals surface area contributed by atoms with Gasteiger partial charge in [-0.25, -0.2) is 9.97 Å². The van der Waals surface area contributed by atoms with E-state index in [1.165, 1.54) is 12.8 Å². The second-order valence-electron chi connectivity index (χ2n) is 9.84. The van der Waals surface area contributed by atoms with E-state index in [0.717, 1.165) is 77.9 Å². The molecule has 1 aliphatic carbocycles. The summed E-state index contributed by atoms with van der Waals surface area (Å²) in [5.41, 5.74) is 4.72. The third kappa shape index (κ3) is 3.47. The SMILES string of the molecule is Cc1nc(C2CC2)cn1-c1ccc2c(c1)C(=O)N(c1cccc(-c3nnc4n3CCCC4)n1)CC2. The van der Waals surface area contributed by atoms with Crippen LogP contribution in [0, 0.1) is 6.92 Å². The monoisotopic (exact) mass is 465 g/mol. The van der Waals surface area contributed by atoms with E-state index in [1.807, 2.05) is 31.2 Å². The fourth-order valence-electron chi connectivity index (χ4n) is 5.36. The molecule has 1 aromatic carbocycles. The average molecular weight is 466 g/mol. The summed E-state index contributed by atoms with van der Waals surface area (Å²) in [6.45, 7) is 3.55. The standard InChI is InChI=1S/C27H27N7O/c1-17-28-23(19-8-9-19)16-34(17)20-11-10-18-12-14-33(27(35)21(18)15-20)24-7-4-5-22(29-24)26-31-30-25-6-2-3-13-32(25)26/h4-5,7,10-11,15-16,19H,2-3,6,8-9,12-14H2,1H3. The Labute approximate surface area is 203 Å². The number of hydrogen-bond donors (Lipinski definition) is 0. The maximum atomic E-state index is 13.7. The molecule has 3 aromatic heterocycles. The van der Waals surface area contributed by atoms with E-state index < -0.39 is 0 Å². The summed E-state index contributed by atoms with van der Waals surface area (Å²) in [6.07, 6.45) is 8.59. The lowest BCUT2D eigenvalue weighted by molar-refractivity contribution is 0.0980. The molecule has 1 amide bonds. The fraction of sp³-hybridized carbons (Fsp3) is 0.370. The van der Waals surface area contributed by atoms with E-state index in [0.29, 0.717) is 18.3 Å². The highest BCUT2D eigenvalue weighted by Crippen LogP contribution is 2.39. The van der Waals surface area contributed by atoms with E-state index in [-0.39, 0.29) is 5.91 Å². The Morgan fingerprint density at radius 3 is 2.77 bits per heavy atom. The minimum Gasteiger partial charge on any atom is -0.310 e. The number of pyridine rings is 1. The normalized spacial score (nSPS) is 17.4. The maximum Gasteiger partial charge on any atom is 0.259 e. The largest absolute Gasteiger partial charge is 0.310 e. The zero-order chi connectivity index (χ0) is 23.5. The van der Waals surface area contributed by atoms with E-state index in [1.54, 1.807) is 4.90 Å². The summed E-state index contributed by atoms with van der Waals surface area (Å²) in [4.78, 5) is 25.1. The number of benzene rings is 1. The number of hydrogen-bond acceptors (Lipinski definition) is 5. The highest BCUT2D eigenvalue weighted by Gasteiger charge is 2.29. The van der Waals surface area contributed by atoms with Crippen LogP contribution in [0.3, 0.4) is 0 Å². The molecule has 35 heavy (non-hydrogen) atoms. The Morgan fingerprint density at radius 1 is 0.971 bits per heavy atom. The lowest BCUT2D eigenvalue weighted by Crippen LogP contribution is -2.38. The molecule has 0 radical (unpaired) electrons. The van der Waals surface area contributed by atoms with E-state index >= 15 is 0 Å². The number of carbonyl (C=O) groups is 1. The Morgan fingerprint density at radius 2 is 1.89 bits per heavy atom. The van der Waals surface area contributed by atoms with Gasteiger partial charge in [0.05, 0.1) is 5.69 Å². The number of fused-ring (bicyclic) bond motifs is 2. The van der Waals surface area contributed by atoms with Crippen LogP contribution >= 0.6 is 0 Å². The minimum absolute atomic E-state index is 0.0128. The number of aromatic nitrogens is 6. The molecule has 2 aliphatic heterocycles. The van der Waals surface area contributed by atoms with Gasteiger partial charge in [-0.05, 0) is 68.9 Å². The van der Waals surface area contributed by atoms with Crippen molar-refractivity contribution in [2.75, 3.05) is 11.4 Å². The first-order valence-corrected chi connectivity index (χ1v) is 12.6. The minimum atomic E-state index is -0.0128. The summed E-state index contributed by atoms with van der Waals surface area (Å²) in [6, 6.07) is 12.0. The molecule has 1 fully saturated rings. The smallest absolute Gasteiger partial charge is 0.259 e. The first-order valence-electron chi connectivity index (χ1n) is 12.6. The number of aryl methyl sites for hydroxylation is 2. The van der Waals surface area contributed by atoms with Crippen LogP contribution in [0.25, 0.3) is 17.2 Å². The zero-order valence-corrected chi connectivity index (χ0v) is 19.8. The number of anilines is 1. The van der Waals surface area contributed by atoms with Gasteiger partial charge < -0.3 is 9.13 Å². The Kier molecular flexibility index (Phi) is 4.62. The molecule has 3 aliphatic rings. The number of carbonyl (C=O) groups excluding carboxylic acids is 1. The molecular weight excluding hydrogens is 438 g/mol. The Bertz CT molecular complexity index is 1460. The van der Waals surface area contributed by atoms with Gasteiger partial charge in [-0.3, -0.25) is 9.69 Å². The molecule has 0 spiro atoms. The molecule has 0 N–H and O–H groups in total. The molecule has 0 bridgehead atoms. The van der Waals surface area contributed by atoms with Gasteiger partial charge in [-0.2, -0.15) is 0 Å². The van der Waals surface area contributed by atoms with Crippen molar-refractivity contribution in [3.8, 4) is 17.2 Å². The van der Waals surface area contributed by atoms with Crippen molar-refractivity contribution < 1.29 is 4.79 Å². The first-order chi connectivity index (χ1) is 17.2. The van der Waals surface area contributed by atoms with Gasteiger partial charge in [-0.15, -0.1) is 10.2 Å². The highest BCUT2D eigenvalue weighted by molar-refractivity contribution is 6.08. The molecule has 5 heterocycles. The number of amides is 1. The number of rotatable bonds is 4. The molecule has 0 atom stereocenters. The van der Waals surface area contributed by atoms with Crippen molar-refractivity contribution in [3.05, 3.63) is 71.1 Å². The van der Waals surface area contributed by atoms with E-state index in [2.05, 4.69) is 37.7 Å². The van der Waals surface area contributed by atoms with Gasteiger partial charge in [0.25, 0.3) is 5.91 Å². The van der Waals surface area contributed by atoms with Crippen molar-refractivity contribution in [3.63, 3.8) is 0 Å². The maximum absolute atomic E-state index is 13.7. The van der Waals surface area contributed by atoms with Crippen LogP contribution in [-0.2, 0) is 19.4 Å². The molecule has 8 heteroatoms. The van der Waals surface area contributed by atoms with Crippen LogP contribution in [0.5, 0.6) is 0 Å². The lowest BCUT2D eigenvalue weighted by Gasteiger charge is -2.28. The summed E-state index contributed by atoms with van der Waals surface area (Å²) < 4.78 is 4.27. The van der Waals surface area contributed by atoms with Crippen molar-refractivity contribution in [1.82, 2.24) is 29.3 Å². The van der Waals surface area contributed by atoms with Gasteiger partial charge in [0, 0.05) is 42.9 Å². The van der Waals surface area contributed by atoms with Crippen LogP contribution in [0.15, 0.2) is 42.6 Å². The molecule has 0 saturated heterocycles. The third-order valence-corrected chi connectivity index (χ3v) is 7.45. The van der Waals surface area contributed by atoms with Crippen LogP contribution in [-0.4, -0.2) is 41.8 Å². The molecule has 1 saturated carbocycles. The van der Waals surface area contributed by atoms with Gasteiger partial charge >= 0.3 is 0 Å². The molecule has 176 valence electrons. The Hall–Kier alpha value is -3.81. The molecule has 4 aromatic rings. The molecule has 0 unspecified atom stereocenters. The molecular formula is C27H27N7O. The third-order valence-electron chi connectivity index (χ3n) is 7.45. The summed E-state index contributed by atoms with van der Waals surface area (Å²) in [5, 5.41) is 8.79. The average Bonchev–Trinajstić information content (AvgIpc) is 3.53. The topological polar surface area (TPSA) is 81.7 Å². The van der Waals surface area contributed by atoms with Gasteiger partial charge in [0.2, 0.25) is 0 Å². The number of imidazole rings is 1. The highest BCUT2D eigenvalue weighted by atomic mass is 16.2. The molecule has 7 rings (SSSR count). The van der Waals surface area contributed by atoms with Crippen LogP contribution < -0.4 is 4.90 Å². The second kappa shape index (κ2) is 7.86. The fourth-order valence-corrected chi connectivity index (χ4v) is 5.36. The number of nitrogens with zero attached hydrogens (tertiary/aromatic N) is 7. The summed E-state index contributed by atoms with van der Waals surface area (Å²) in [7, 11) is 0. The van der Waals surface area contributed by atoms with Crippen molar-refractivity contribution >= 4 is 11.7 Å². The molecule has 8 nitrogen and oxygen atoms in total. The zero-order valence-electron chi connectivity index (χ0n) is 19.8. The van der Waals surface area contributed by atoms with Crippen molar-refractivity contribution in [2.45, 2.75) is 57.9 Å². The summed E-state index contributed by atoms with van der Waals surface area (Å²) >= 11 is 0. The first kappa shape index (κ1) is 20.6. The summed E-state index contributed by atoms with van der Waals surface area (Å²) in [5.74, 6) is 4.01. The quantitative estimate of drug-likeness (QED) is 0.450. The van der Waals surface area contributed by atoms with E-state index in [9.17, 15) is 4.79 Å². The van der Waals surface area contributed by atoms with E-state index in [4.69, 9.17) is 9.97 Å². The van der Waals surface area contributed by atoms with Crippen LogP contribution in [0.1, 0.15) is 64.9 Å². The van der Waals surface area contributed by atoms with Gasteiger partial charge in [0.1, 0.15) is 23.2 Å². The predicted octanol–water partition coefficient (Wildman–Crippen LogP) is 4.25. The van der Waals surface area contributed by atoms with Gasteiger partial charge in [0.15, 0.2) is 5.82 Å². The van der Waals surface area contributed by atoms with Crippen LogP contribution in [0.2, 0.25) is 0 Å².